The lowest BCUT2D eigenvalue weighted by Crippen LogP contribution is -1.96. The summed E-state index contributed by atoms with van der Waals surface area (Å²) in [6.07, 6.45) is 0. The first-order valence-corrected chi connectivity index (χ1v) is 6.78. The van der Waals surface area contributed by atoms with Crippen LogP contribution in [0, 0.1) is 0 Å². The zero-order chi connectivity index (χ0) is 14.5. The van der Waals surface area contributed by atoms with Gasteiger partial charge >= 0.3 is 0 Å². The molecule has 0 amide bonds. The first kappa shape index (κ1) is 13.2. The lowest BCUT2D eigenvalue weighted by atomic mass is 10.0. The van der Waals surface area contributed by atoms with E-state index in [9.17, 15) is 0 Å². The van der Waals surface area contributed by atoms with Gasteiger partial charge in [-0.15, -0.1) is 0 Å². The highest BCUT2D eigenvalue weighted by atomic mass is 16.5. The Bertz CT molecular complexity index is 712. The minimum Gasteiger partial charge on any atom is -0.355 e. The Morgan fingerprint density at radius 3 is 2.00 bits per heavy atom. The molecule has 3 aromatic carbocycles. The molecule has 0 fully saturated rings. The summed E-state index contributed by atoms with van der Waals surface area (Å²) in [6.45, 7) is 0. The van der Waals surface area contributed by atoms with Crippen molar-refractivity contribution in [3.8, 4) is 11.1 Å². The Kier molecular flexibility index (Phi) is 3.85. The molecular formula is C18H16N2O. The summed E-state index contributed by atoms with van der Waals surface area (Å²) in [6, 6.07) is 25.8. The molecule has 3 aromatic rings. The van der Waals surface area contributed by atoms with Gasteiger partial charge in [0.2, 0.25) is 0 Å². The third-order valence-electron chi connectivity index (χ3n) is 3.29. The van der Waals surface area contributed by atoms with Crippen LogP contribution in [0.15, 0.2) is 78.9 Å². The maximum absolute atomic E-state index is 9.12. The van der Waals surface area contributed by atoms with Gasteiger partial charge in [0.05, 0.1) is 5.69 Å². The molecule has 0 heterocycles. The van der Waals surface area contributed by atoms with Gasteiger partial charge in [-0.3, -0.25) is 10.7 Å². The number of anilines is 3. The van der Waals surface area contributed by atoms with Crippen LogP contribution in [0.1, 0.15) is 0 Å². The molecule has 0 bridgehead atoms. The lowest BCUT2D eigenvalue weighted by molar-refractivity contribution is 0.389. The molecule has 3 rings (SSSR count). The SMILES string of the molecule is ONc1ccc(Nc2ccccc2)c(-c2ccccc2)c1. The van der Waals surface area contributed by atoms with Gasteiger partial charge in [-0.05, 0) is 35.9 Å². The Hall–Kier alpha value is -2.78. The number of rotatable bonds is 4. The van der Waals surface area contributed by atoms with Crippen LogP contribution in [0.2, 0.25) is 0 Å². The predicted octanol–water partition coefficient (Wildman–Crippen LogP) is 4.90. The van der Waals surface area contributed by atoms with Crippen molar-refractivity contribution in [1.29, 1.82) is 0 Å². The van der Waals surface area contributed by atoms with Crippen LogP contribution in [-0.2, 0) is 0 Å². The van der Waals surface area contributed by atoms with Gasteiger partial charge in [0.25, 0.3) is 0 Å². The van der Waals surface area contributed by atoms with Gasteiger partial charge in [-0.2, -0.15) is 0 Å². The summed E-state index contributed by atoms with van der Waals surface area (Å²) in [7, 11) is 0. The Morgan fingerprint density at radius 2 is 1.33 bits per heavy atom. The second kappa shape index (κ2) is 6.11. The molecule has 3 heteroatoms. The molecular weight excluding hydrogens is 260 g/mol. The molecule has 3 N–H and O–H groups in total. The molecule has 3 nitrogen and oxygen atoms in total. The zero-order valence-electron chi connectivity index (χ0n) is 11.5. The zero-order valence-corrected chi connectivity index (χ0v) is 11.5. The highest BCUT2D eigenvalue weighted by Gasteiger charge is 2.06. The van der Waals surface area contributed by atoms with Gasteiger partial charge in [-0.1, -0.05) is 48.5 Å². The predicted molar refractivity (Wildman–Crippen MR) is 87.0 cm³/mol. The molecule has 21 heavy (non-hydrogen) atoms. The van der Waals surface area contributed by atoms with E-state index >= 15 is 0 Å². The maximum atomic E-state index is 9.12. The highest BCUT2D eigenvalue weighted by Crippen LogP contribution is 2.32. The van der Waals surface area contributed by atoms with E-state index in [0.717, 1.165) is 22.5 Å². The van der Waals surface area contributed by atoms with E-state index < -0.39 is 0 Å². The first-order chi connectivity index (χ1) is 10.4. The van der Waals surface area contributed by atoms with Crippen LogP contribution in [0.25, 0.3) is 11.1 Å². The van der Waals surface area contributed by atoms with E-state index in [4.69, 9.17) is 5.21 Å². The van der Waals surface area contributed by atoms with Gasteiger partial charge in [0.1, 0.15) is 0 Å². The fourth-order valence-electron chi connectivity index (χ4n) is 2.26. The summed E-state index contributed by atoms with van der Waals surface area (Å²) < 4.78 is 0. The molecule has 0 saturated carbocycles. The molecule has 0 aliphatic heterocycles. The fraction of sp³-hybridized carbons (Fsp3) is 0. The van der Waals surface area contributed by atoms with E-state index in [2.05, 4.69) is 10.8 Å². The van der Waals surface area contributed by atoms with Gasteiger partial charge in [-0.25, -0.2) is 0 Å². The van der Waals surface area contributed by atoms with E-state index in [1.165, 1.54) is 0 Å². The first-order valence-electron chi connectivity index (χ1n) is 6.78. The average molecular weight is 276 g/mol. The quantitative estimate of drug-likeness (QED) is 0.594. The lowest BCUT2D eigenvalue weighted by Gasteiger charge is -2.14. The standard InChI is InChI=1S/C18H16N2O/c21-20-16-11-12-18(19-15-9-5-2-6-10-15)17(13-16)14-7-3-1-4-8-14/h1-13,19-21H. The van der Waals surface area contributed by atoms with Crippen molar-refractivity contribution in [3.63, 3.8) is 0 Å². The Labute approximate surface area is 123 Å². The van der Waals surface area contributed by atoms with Crippen molar-refractivity contribution in [3.05, 3.63) is 78.9 Å². The van der Waals surface area contributed by atoms with Crippen molar-refractivity contribution in [2.75, 3.05) is 10.8 Å². The number of para-hydroxylation sites is 1. The Morgan fingerprint density at radius 1 is 0.667 bits per heavy atom. The van der Waals surface area contributed by atoms with Crippen molar-refractivity contribution in [1.82, 2.24) is 0 Å². The molecule has 104 valence electrons. The average Bonchev–Trinajstić information content (AvgIpc) is 2.57. The van der Waals surface area contributed by atoms with Crippen LogP contribution in [0.3, 0.4) is 0 Å². The Balaban J connectivity index is 2.04. The van der Waals surface area contributed by atoms with Crippen LogP contribution in [-0.4, -0.2) is 5.21 Å². The highest BCUT2D eigenvalue weighted by molar-refractivity contribution is 5.83. The van der Waals surface area contributed by atoms with Crippen LogP contribution < -0.4 is 10.8 Å². The van der Waals surface area contributed by atoms with Gasteiger partial charge in [0.15, 0.2) is 0 Å². The smallest absolute Gasteiger partial charge is 0.0609 e. The van der Waals surface area contributed by atoms with E-state index in [-0.39, 0.29) is 0 Å². The van der Waals surface area contributed by atoms with E-state index in [1.54, 1.807) is 0 Å². The van der Waals surface area contributed by atoms with Crippen LogP contribution in [0.4, 0.5) is 17.1 Å². The maximum Gasteiger partial charge on any atom is 0.0609 e. The largest absolute Gasteiger partial charge is 0.355 e. The summed E-state index contributed by atoms with van der Waals surface area (Å²) in [5.41, 5.74) is 7.00. The normalized spacial score (nSPS) is 10.1. The molecule has 0 radical (unpaired) electrons. The van der Waals surface area contributed by atoms with Crippen molar-refractivity contribution in [2.24, 2.45) is 0 Å². The molecule has 0 unspecified atom stereocenters. The second-order valence-corrected chi connectivity index (χ2v) is 4.73. The molecule has 0 spiro atoms. The van der Waals surface area contributed by atoms with Crippen molar-refractivity contribution in [2.45, 2.75) is 0 Å². The molecule has 0 aliphatic rings. The summed E-state index contributed by atoms with van der Waals surface area (Å²) >= 11 is 0. The molecule has 0 atom stereocenters. The molecule has 0 saturated heterocycles. The van der Waals surface area contributed by atoms with Gasteiger partial charge in [0, 0.05) is 16.9 Å². The van der Waals surface area contributed by atoms with Crippen molar-refractivity contribution < 1.29 is 5.21 Å². The van der Waals surface area contributed by atoms with Crippen LogP contribution in [0.5, 0.6) is 0 Å². The minimum atomic E-state index is 0.660. The van der Waals surface area contributed by atoms with Crippen molar-refractivity contribution >= 4 is 17.1 Å². The topological polar surface area (TPSA) is 44.3 Å². The monoisotopic (exact) mass is 276 g/mol. The molecule has 0 aliphatic carbocycles. The fourth-order valence-corrected chi connectivity index (χ4v) is 2.26. The second-order valence-electron chi connectivity index (χ2n) is 4.73. The van der Waals surface area contributed by atoms with Crippen LogP contribution >= 0.6 is 0 Å². The summed E-state index contributed by atoms with van der Waals surface area (Å²) in [5.74, 6) is 0. The number of benzene rings is 3. The molecule has 0 aromatic heterocycles. The minimum absolute atomic E-state index is 0.660. The van der Waals surface area contributed by atoms with Gasteiger partial charge < -0.3 is 5.32 Å². The third kappa shape index (κ3) is 3.04. The number of hydrogen-bond acceptors (Lipinski definition) is 3. The third-order valence-corrected chi connectivity index (χ3v) is 3.29. The number of hydrogen-bond donors (Lipinski definition) is 3. The summed E-state index contributed by atoms with van der Waals surface area (Å²) in [4.78, 5) is 0. The van der Waals surface area contributed by atoms with E-state index in [0.29, 0.717) is 5.69 Å². The number of nitrogens with one attached hydrogen (secondary N) is 2. The van der Waals surface area contributed by atoms with E-state index in [1.807, 2.05) is 78.9 Å². The summed E-state index contributed by atoms with van der Waals surface area (Å²) in [5, 5.41) is 12.5.